The zero-order chi connectivity index (χ0) is 13.6. The van der Waals surface area contributed by atoms with E-state index in [1.54, 1.807) is 0 Å². The second kappa shape index (κ2) is 13.5. The highest BCUT2D eigenvalue weighted by Gasteiger charge is 2.17. The fourth-order valence-electron chi connectivity index (χ4n) is 1.57. The molecule has 0 spiro atoms. The van der Waals surface area contributed by atoms with Crippen molar-refractivity contribution in [3.63, 3.8) is 0 Å². The van der Waals surface area contributed by atoms with Crippen molar-refractivity contribution in [1.29, 1.82) is 0 Å². The van der Waals surface area contributed by atoms with Gasteiger partial charge >= 0.3 is 9.28 Å². The second-order valence-corrected chi connectivity index (χ2v) is 6.19. The summed E-state index contributed by atoms with van der Waals surface area (Å²) >= 11 is 0. The average Bonchev–Trinajstić information content (AvgIpc) is 2.38. The quantitative estimate of drug-likeness (QED) is 0.383. The highest BCUT2D eigenvalue weighted by atomic mass is 28.3. The lowest BCUT2D eigenvalue weighted by Crippen LogP contribution is -2.27. The van der Waals surface area contributed by atoms with E-state index in [9.17, 15) is 0 Å². The van der Waals surface area contributed by atoms with Crippen LogP contribution in [0.3, 0.4) is 0 Å². The lowest BCUT2D eigenvalue weighted by atomic mass is 10.4. The minimum Gasteiger partial charge on any atom is -0.397 e. The van der Waals surface area contributed by atoms with E-state index in [-0.39, 0.29) is 6.29 Å². The van der Waals surface area contributed by atoms with E-state index in [0.29, 0.717) is 13.2 Å². The van der Waals surface area contributed by atoms with Crippen molar-refractivity contribution < 1.29 is 18.3 Å². The van der Waals surface area contributed by atoms with Crippen LogP contribution in [0.25, 0.3) is 0 Å². The third-order valence-corrected chi connectivity index (χ3v) is 4.38. The van der Waals surface area contributed by atoms with Crippen LogP contribution in [-0.4, -0.2) is 42.0 Å². The van der Waals surface area contributed by atoms with Gasteiger partial charge < -0.3 is 18.3 Å². The molecule has 110 valence electrons. The molecule has 0 aromatic carbocycles. The molecule has 0 rings (SSSR count). The van der Waals surface area contributed by atoms with Crippen molar-refractivity contribution in [3.8, 4) is 0 Å². The largest absolute Gasteiger partial charge is 0.397 e. The number of hydrogen-bond acceptors (Lipinski definition) is 4. The highest BCUT2D eigenvalue weighted by Crippen LogP contribution is 2.10. The first-order valence-electron chi connectivity index (χ1n) is 7.24. The molecule has 5 heteroatoms. The van der Waals surface area contributed by atoms with E-state index in [1.165, 1.54) is 0 Å². The summed E-state index contributed by atoms with van der Waals surface area (Å²) in [4.78, 5) is 0. The summed E-state index contributed by atoms with van der Waals surface area (Å²) in [5.41, 5.74) is 0. The Morgan fingerprint density at radius 2 is 1.33 bits per heavy atom. The first-order valence-corrected chi connectivity index (χ1v) is 9.00. The third-order valence-electron chi connectivity index (χ3n) is 2.36. The van der Waals surface area contributed by atoms with Crippen LogP contribution in [0.15, 0.2) is 0 Å². The van der Waals surface area contributed by atoms with Crippen LogP contribution in [-0.2, 0) is 18.3 Å². The van der Waals surface area contributed by atoms with Gasteiger partial charge in [-0.1, -0.05) is 13.8 Å². The summed E-state index contributed by atoms with van der Waals surface area (Å²) in [5, 5.41) is 0. The van der Waals surface area contributed by atoms with Crippen LogP contribution in [0, 0.1) is 0 Å². The van der Waals surface area contributed by atoms with Gasteiger partial charge in [0.1, 0.15) is 0 Å². The van der Waals surface area contributed by atoms with Gasteiger partial charge in [0.25, 0.3) is 0 Å². The van der Waals surface area contributed by atoms with E-state index >= 15 is 0 Å². The maximum atomic E-state index is 5.81. The monoisotopic (exact) mass is 278 g/mol. The first-order chi connectivity index (χ1) is 8.78. The van der Waals surface area contributed by atoms with Gasteiger partial charge in [-0.2, -0.15) is 0 Å². The van der Waals surface area contributed by atoms with Crippen LogP contribution in [0.4, 0.5) is 0 Å². The zero-order valence-electron chi connectivity index (χ0n) is 12.4. The fourth-order valence-corrected chi connectivity index (χ4v) is 3.54. The van der Waals surface area contributed by atoms with Crippen molar-refractivity contribution in [1.82, 2.24) is 0 Å². The molecule has 0 aliphatic rings. The SMILES string of the molecule is CCCO[SiH](CCC(OCC)OCC)OCCC. The van der Waals surface area contributed by atoms with Crippen molar-refractivity contribution in [2.24, 2.45) is 0 Å². The second-order valence-electron chi connectivity index (χ2n) is 4.09. The minimum atomic E-state index is -1.54. The van der Waals surface area contributed by atoms with Gasteiger partial charge in [0, 0.05) is 32.8 Å². The molecule has 0 fully saturated rings. The van der Waals surface area contributed by atoms with Crippen molar-refractivity contribution in [3.05, 3.63) is 0 Å². The molecule has 0 saturated heterocycles. The van der Waals surface area contributed by atoms with Crippen LogP contribution in [0.5, 0.6) is 0 Å². The summed E-state index contributed by atoms with van der Waals surface area (Å²) < 4.78 is 22.7. The zero-order valence-corrected chi connectivity index (χ0v) is 13.6. The molecular formula is C13H30O4Si. The Balaban J connectivity index is 3.94. The molecule has 0 atom stereocenters. The molecule has 0 bridgehead atoms. The topological polar surface area (TPSA) is 36.9 Å². The van der Waals surface area contributed by atoms with Gasteiger partial charge in [-0.05, 0) is 32.7 Å². The van der Waals surface area contributed by atoms with E-state index in [4.69, 9.17) is 18.3 Å². The maximum absolute atomic E-state index is 5.81. The van der Waals surface area contributed by atoms with Gasteiger partial charge in [-0.15, -0.1) is 0 Å². The van der Waals surface area contributed by atoms with Crippen molar-refractivity contribution >= 4 is 9.28 Å². The highest BCUT2D eigenvalue weighted by molar-refractivity contribution is 6.44. The molecule has 0 unspecified atom stereocenters. The van der Waals surface area contributed by atoms with Crippen LogP contribution < -0.4 is 0 Å². The molecule has 18 heavy (non-hydrogen) atoms. The molecular weight excluding hydrogens is 248 g/mol. The molecule has 4 nitrogen and oxygen atoms in total. The van der Waals surface area contributed by atoms with E-state index in [2.05, 4.69) is 13.8 Å². The number of hydrogen-bond donors (Lipinski definition) is 0. The molecule has 0 aromatic rings. The predicted molar refractivity (Wildman–Crippen MR) is 76.1 cm³/mol. The Kier molecular flexibility index (Phi) is 13.5. The summed E-state index contributed by atoms with van der Waals surface area (Å²) in [6.07, 6.45) is 2.84. The normalized spacial score (nSPS) is 11.7. The fraction of sp³-hybridized carbons (Fsp3) is 1.00. The molecule has 0 heterocycles. The molecule has 0 aliphatic heterocycles. The maximum Gasteiger partial charge on any atom is 0.321 e. The summed E-state index contributed by atoms with van der Waals surface area (Å²) in [5.74, 6) is 0. The average molecular weight is 278 g/mol. The Bertz CT molecular complexity index is 155. The smallest absolute Gasteiger partial charge is 0.321 e. The molecule has 0 N–H and O–H groups in total. The molecule has 0 aliphatic carbocycles. The van der Waals surface area contributed by atoms with Gasteiger partial charge in [-0.25, -0.2) is 0 Å². The van der Waals surface area contributed by atoms with Gasteiger partial charge in [0.15, 0.2) is 6.29 Å². The standard InChI is InChI=1S/C13H30O4Si/c1-5-10-16-18(17-11-6-2)12-9-13(14-7-3)15-8-4/h13,18H,5-12H2,1-4H3. The summed E-state index contributed by atoms with van der Waals surface area (Å²) in [6.45, 7) is 11.2. The lowest BCUT2D eigenvalue weighted by molar-refractivity contribution is -0.137. The Hall–Kier alpha value is 0.0569. The first kappa shape index (κ1) is 18.1. The van der Waals surface area contributed by atoms with Gasteiger partial charge in [0.05, 0.1) is 0 Å². The van der Waals surface area contributed by atoms with E-state index in [0.717, 1.165) is 38.5 Å². The van der Waals surface area contributed by atoms with Gasteiger partial charge in [0.2, 0.25) is 0 Å². The Labute approximate surface area is 114 Å². The van der Waals surface area contributed by atoms with E-state index < -0.39 is 9.28 Å². The predicted octanol–water partition coefficient (Wildman–Crippen LogP) is 2.85. The van der Waals surface area contributed by atoms with E-state index in [1.807, 2.05) is 13.8 Å². The number of rotatable bonds is 13. The third kappa shape index (κ3) is 10.0. The van der Waals surface area contributed by atoms with Crippen LogP contribution >= 0.6 is 0 Å². The van der Waals surface area contributed by atoms with Crippen LogP contribution in [0.2, 0.25) is 6.04 Å². The molecule has 0 aromatic heterocycles. The minimum absolute atomic E-state index is 0.106. The number of ether oxygens (including phenoxy) is 2. The summed E-state index contributed by atoms with van der Waals surface area (Å²) in [6, 6.07) is 0.949. The summed E-state index contributed by atoms with van der Waals surface area (Å²) in [7, 11) is -1.54. The van der Waals surface area contributed by atoms with Crippen molar-refractivity contribution in [2.45, 2.75) is 59.3 Å². The Morgan fingerprint density at radius 3 is 1.72 bits per heavy atom. The Morgan fingerprint density at radius 1 is 0.833 bits per heavy atom. The van der Waals surface area contributed by atoms with Crippen LogP contribution in [0.1, 0.15) is 47.0 Å². The molecule has 0 saturated carbocycles. The van der Waals surface area contributed by atoms with Crippen molar-refractivity contribution in [2.75, 3.05) is 26.4 Å². The lowest BCUT2D eigenvalue weighted by Gasteiger charge is -2.20. The van der Waals surface area contributed by atoms with Gasteiger partial charge in [-0.3, -0.25) is 0 Å². The molecule has 0 amide bonds. The molecule has 0 radical (unpaired) electrons.